The van der Waals surface area contributed by atoms with Gasteiger partial charge in [-0.1, -0.05) is 54.1 Å². The second-order valence-electron chi connectivity index (χ2n) is 8.05. The van der Waals surface area contributed by atoms with E-state index in [-0.39, 0.29) is 25.8 Å². The van der Waals surface area contributed by atoms with Crippen LogP contribution in [-0.2, 0) is 13.7 Å². The molecule has 3 nitrogen and oxygen atoms in total. The van der Waals surface area contributed by atoms with Crippen LogP contribution < -0.4 is 0 Å². The van der Waals surface area contributed by atoms with Crippen molar-refractivity contribution >= 4 is 20.4 Å². The van der Waals surface area contributed by atoms with Gasteiger partial charge in [0.2, 0.25) is 0 Å². The zero-order chi connectivity index (χ0) is 27.7. The van der Waals surface area contributed by atoms with Crippen LogP contribution in [0.25, 0.3) is 11.1 Å². The van der Waals surface area contributed by atoms with E-state index in [1.54, 1.807) is 6.92 Å². The molecule has 0 radical (unpaired) electrons. The molecule has 0 aromatic heterocycles. The van der Waals surface area contributed by atoms with Crippen molar-refractivity contribution in [1.29, 1.82) is 0 Å². The Morgan fingerprint density at radius 3 is 1.51 bits per heavy atom. The summed E-state index contributed by atoms with van der Waals surface area (Å²) in [6, 6.07) is 16.7. The molecule has 3 aromatic carbocycles. The molecular weight excluding hydrogens is 559 g/mol. The number of benzene rings is 3. The van der Waals surface area contributed by atoms with Gasteiger partial charge in [0.05, 0.1) is 0 Å². The van der Waals surface area contributed by atoms with Gasteiger partial charge in [-0.05, 0) is 52.6 Å². The van der Waals surface area contributed by atoms with Crippen LogP contribution in [-0.4, -0.2) is 31.7 Å². The van der Waals surface area contributed by atoms with Crippen LogP contribution in [0.1, 0.15) is 5.56 Å². The molecule has 0 bridgehead atoms. The predicted molar refractivity (Wildman–Crippen MR) is 116 cm³/mol. The smallest absolute Gasteiger partial charge is 0.202 e. The van der Waals surface area contributed by atoms with Gasteiger partial charge < -0.3 is 0 Å². The van der Waals surface area contributed by atoms with Crippen molar-refractivity contribution in [3.8, 4) is 11.1 Å². The standard InChI is InChI=1S/C23H15F9O3S2/c1-14-10-12-15(13-11-14)36(18-8-4-2-6-16(18)17-7-3-5-9-19(17)36)35-37(33,34)23(31,32)21(26,27)20(24,25)22(28,29)30/h2-13H,1H3. The van der Waals surface area contributed by atoms with Crippen LogP contribution in [0, 0.1) is 6.92 Å². The number of alkyl halides is 9. The largest absolute Gasteiger partial charge is 0.460 e. The number of hydrogen-bond acceptors (Lipinski definition) is 3. The summed E-state index contributed by atoms with van der Waals surface area (Å²) in [5.74, 6) is -14.8. The van der Waals surface area contributed by atoms with Crippen molar-refractivity contribution in [2.24, 2.45) is 0 Å². The van der Waals surface area contributed by atoms with Gasteiger partial charge in [0, 0.05) is 14.7 Å². The second-order valence-corrected chi connectivity index (χ2v) is 12.5. The third-order valence-corrected chi connectivity index (χ3v) is 11.0. The average Bonchev–Trinajstić information content (AvgIpc) is 3.09. The quantitative estimate of drug-likeness (QED) is 0.281. The Bertz CT molecular complexity index is 1410. The van der Waals surface area contributed by atoms with Crippen LogP contribution in [0.5, 0.6) is 0 Å². The van der Waals surface area contributed by atoms with E-state index in [1.165, 1.54) is 72.8 Å². The van der Waals surface area contributed by atoms with E-state index in [9.17, 15) is 47.9 Å². The topological polar surface area (TPSA) is 43.4 Å². The zero-order valence-corrected chi connectivity index (χ0v) is 20.0. The summed E-state index contributed by atoms with van der Waals surface area (Å²) in [7, 11) is -11.1. The molecule has 0 fully saturated rings. The highest BCUT2D eigenvalue weighted by atomic mass is 32.3. The SMILES string of the molecule is Cc1ccc(S2(OS(=O)(=O)C(F)(F)C(F)(F)C(F)(F)C(F)(F)F)c3ccccc3-c3ccccc32)cc1. The summed E-state index contributed by atoms with van der Waals surface area (Å²) in [5.41, 5.74) is 1.18. The first-order valence-corrected chi connectivity index (χ1v) is 13.1. The van der Waals surface area contributed by atoms with Gasteiger partial charge >= 0.3 is 33.4 Å². The van der Waals surface area contributed by atoms with Crippen molar-refractivity contribution in [1.82, 2.24) is 0 Å². The van der Waals surface area contributed by atoms with Crippen LogP contribution >= 0.6 is 10.3 Å². The number of aryl methyl sites for hydroxylation is 1. The Balaban J connectivity index is 2.00. The minimum absolute atomic E-state index is 0.0506. The molecule has 1 heterocycles. The summed E-state index contributed by atoms with van der Waals surface area (Å²) < 4.78 is 153. The number of halogens is 9. The highest BCUT2D eigenvalue weighted by Gasteiger charge is 2.86. The second kappa shape index (κ2) is 8.40. The molecule has 0 spiro atoms. The Kier molecular flexibility index (Phi) is 6.20. The molecule has 1 aliphatic rings. The third-order valence-electron chi connectivity index (χ3n) is 5.66. The van der Waals surface area contributed by atoms with E-state index < -0.39 is 43.7 Å². The fourth-order valence-corrected chi connectivity index (χ4v) is 9.33. The van der Waals surface area contributed by atoms with Gasteiger partial charge in [-0.3, -0.25) is 0 Å². The van der Waals surface area contributed by atoms with Crippen molar-refractivity contribution in [3.63, 3.8) is 0 Å². The molecule has 0 atom stereocenters. The fourth-order valence-electron chi connectivity index (χ4n) is 3.79. The first kappa shape index (κ1) is 27.3. The van der Waals surface area contributed by atoms with Gasteiger partial charge in [0.25, 0.3) is 0 Å². The lowest BCUT2D eigenvalue weighted by Gasteiger charge is -2.39. The molecule has 0 saturated carbocycles. The van der Waals surface area contributed by atoms with Gasteiger partial charge in [0.1, 0.15) is 0 Å². The third kappa shape index (κ3) is 3.75. The Labute approximate surface area is 206 Å². The molecule has 0 amide bonds. The maximum atomic E-state index is 14.7. The van der Waals surface area contributed by atoms with Gasteiger partial charge in [0.15, 0.2) is 0 Å². The van der Waals surface area contributed by atoms with Crippen LogP contribution in [0.2, 0.25) is 0 Å². The van der Waals surface area contributed by atoms with E-state index >= 15 is 0 Å². The number of hydrogen-bond donors (Lipinski definition) is 0. The van der Waals surface area contributed by atoms with Gasteiger partial charge in [-0.25, -0.2) is 3.63 Å². The Hall–Kier alpha value is -2.71. The van der Waals surface area contributed by atoms with E-state index in [0.29, 0.717) is 5.56 Å². The Morgan fingerprint density at radius 1 is 0.649 bits per heavy atom. The highest BCUT2D eigenvalue weighted by Crippen LogP contribution is 2.77. The monoisotopic (exact) mass is 574 g/mol. The zero-order valence-electron chi connectivity index (χ0n) is 18.4. The molecule has 0 unspecified atom stereocenters. The van der Waals surface area contributed by atoms with Crippen molar-refractivity contribution in [3.05, 3.63) is 78.4 Å². The summed E-state index contributed by atoms with van der Waals surface area (Å²) in [4.78, 5) is -0.198. The van der Waals surface area contributed by atoms with Crippen LogP contribution in [0.15, 0.2) is 87.5 Å². The van der Waals surface area contributed by atoms with Crippen LogP contribution in [0.4, 0.5) is 39.5 Å². The van der Waals surface area contributed by atoms with E-state index in [4.69, 9.17) is 3.63 Å². The molecule has 0 aliphatic carbocycles. The highest BCUT2D eigenvalue weighted by molar-refractivity contribution is 8.33. The van der Waals surface area contributed by atoms with Gasteiger partial charge in [-0.2, -0.15) is 47.9 Å². The maximum Gasteiger partial charge on any atom is 0.460 e. The molecule has 4 rings (SSSR count). The lowest BCUT2D eigenvalue weighted by molar-refractivity contribution is -0.382. The molecule has 3 aromatic rings. The maximum absolute atomic E-state index is 14.7. The van der Waals surface area contributed by atoms with Crippen molar-refractivity contribution in [2.45, 2.75) is 44.9 Å². The van der Waals surface area contributed by atoms with E-state index in [0.717, 1.165) is 0 Å². The lowest BCUT2D eigenvalue weighted by atomic mass is 10.1. The normalized spacial score (nSPS) is 16.7. The molecule has 0 N–H and O–H groups in total. The first-order valence-electron chi connectivity index (χ1n) is 10.2. The molecule has 0 saturated heterocycles. The molecular formula is C23H15F9O3S2. The minimum Gasteiger partial charge on any atom is -0.202 e. The minimum atomic E-state index is -7.41. The summed E-state index contributed by atoms with van der Waals surface area (Å²) in [6.45, 7) is 1.63. The molecule has 1 aliphatic heterocycles. The van der Waals surface area contributed by atoms with Crippen LogP contribution in [0.3, 0.4) is 0 Å². The number of fused-ring (bicyclic) bond motifs is 3. The first-order chi connectivity index (χ1) is 16.9. The fraction of sp³-hybridized carbons (Fsp3) is 0.217. The summed E-state index contributed by atoms with van der Waals surface area (Å²) in [6.07, 6.45) is -7.19. The van der Waals surface area contributed by atoms with E-state index in [1.807, 2.05) is 0 Å². The lowest BCUT2D eigenvalue weighted by Crippen LogP contribution is -2.63. The van der Waals surface area contributed by atoms with E-state index in [2.05, 4.69) is 0 Å². The van der Waals surface area contributed by atoms with Gasteiger partial charge in [-0.15, -0.1) is 0 Å². The van der Waals surface area contributed by atoms with Crippen molar-refractivity contribution in [2.75, 3.05) is 0 Å². The average molecular weight is 574 g/mol. The van der Waals surface area contributed by atoms with Crippen molar-refractivity contribution < 1.29 is 51.6 Å². The number of rotatable bonds is 6. The molecule has 200 valence electrons. The summed E-state index contributed by atoms with van der Waals surface area (Å²) >= 11 is 0. The predicted octanol–water partition coefficient (Wildman–Crippen LogP) is 7.94. The molecule has 37 heavy (non-hydrogen) atoms. The molecule has 14 heteroatoms. The Morgan fingerprint density at radius 2 is 1.08 bits per heavy atom. The summed E-state index contributed by atoms with van der Waals surface area (Å²) in [5, 5.41) is -6.99.